The summed E-state index contributed by atoms with van der Waals surface area (Å²) in [6, 6.07) is 2.14. The van der Waals surface area contributed by atoms with Crippen molar-refractivity contribution < 1.29 is 5.11 Å². The Morgan fingerprint density at radius 1 is 1.53 bits per heavy atom. The molecule has 2 aromatic heterocycles. The van der Waals surface area contributed by atoms with Crippen molar-refractivity contribution in [3.8, 4) is 0 Å². The van der Waals surface area contributed by atoms with E-state index in [1.54, 1.807) is 22.7 Å². The molecule has 6 heteroatoms. The molecule has 1 N–H and O–H groups in total. The topological polar surface area (TPSA) is 36.4 Å². The number of halogens is 1. The fraction of sp³-hybridized carbons (Fsp3) is 0.462. The molecule has 2 heterocycles. The van der Waals surface area contributed by atoms with Gasteiger partial charge in [0.2, 0.25) is 0 Å². The van der Waals surface area contributed by atoms with Gasteiger partial charge in [0.05, 0.1) is 21.0 Å². The Morgan fingerprint density at radius 2 is 2.32 bits per heavy atom. The van der Waals surface area contributed by atoms with Crippen LogP contribution in [0.25, 0.3) is 0 Å². The van der Waals surface area contributed by atoms with E-state index >= 15 is 0 Å². The number of thiophene rings is 1. The molecule has 0 amide bonds. The molecule has 0 radical (unpaired) electrons. The molecule has 1 aliphatic carbocycles. The van der Waals surface area contributed by atoms with Crippen LogP contribution in [-0.2, 0) is 13.2 Å². The van der Waals surface area contributed by atoms with Gasteiger partial charge in [0.25, 0.3) is 0 Å². The predicted octanol–water partition coefficient (Wildman–Crippen LogP) is 3.97. The Labute approximate surface area is 129 Å². The summed E-state index contributed by atoms with van der Waals surface area (Å²) in [5.74, 6) is 0.593. The van der Waals surface area contributed by atoms with Gasteiger partial charge in [-0.3, -0.25) is 0 Å². The molecule has 1 aliphatic rings. The zero-order chi connectivity index (χ0) is 13.4. The SMILES string of the molecule is CN(Cc1csc(Br)c1)c1nc(C2CC2)c(CO)s1. The first-order chi connectivity index (χ1) is 9.17. The van der Waals surface area contributed by atoms with E-state index in [-0.39, 0.29) is 6.61 Å². The summed E-state index contributed by atoms with van der Waals surface area (Å²) in [4.78, 5) is 7.92. The maximum atomic E-state index is 9.43. The van der Waals surface area contributed by atoms with Crippen molar-refractivity contribution in [3.05, 3.63) is 31.4 Å². The minimum absolute atomic E-state index is 0.112. The van der Waals surface area contributed by atoms with Gasteiger partial charge in [-0.15, -0.1) is 11.3 Å². The molecule has 0 bridgehead atoms. The summed E-state index contributed by atoms with van der Waals surface area (Å²) in [5, 5.41) is 12.6. The van der Waals surface area contributed by atoms with Crippen molar-refractivity contribution in [2.75, 3.05) is 11.9 Å². The zero-order valence-electron chi connectivity index (χ0n) is 10.6. The summed E-state index contributed by atoms with van der Waals surface area (Å²) < 4.78 is 1.16. The van der Waals surface area contributed by atoms with E-state index in [4.69, 9.17) is 4.98 Å². The number of aliphatic hydroxyl groups excluding tert-OH is 1. The number of rotatable bonds is 5. The van der Waals surface area contributed by atoms with E-state index in [0.29, 0.717) is 5.92 Å². The molecule has 0 aliphatic heterocycles. The van der Waals surface area contributed by atoms with E-state index in [1.807, 2.05) is 0 Å². The van der Waals surface area contributed by atoms with Gasteiger partial charge in [-0.2, -0.15) is 0 Å². The minimum Gasteiger partial charge on any atom is -0.391 e. The molecule has 0 atom stereocenters. The van der Waals surface area contributed by atoms with E-state index in [0.717, 1.165) is 26.0 Å². The van der Waals surface area contributed by atoms with Crippen LogP contribution in [-0.4, -0.2) is 17.1 Å². The van der Waals surface area contributed by atoms with Gasteiger partial charge in [0, 0.05) is 19.5 Å². The van der Waals surface area contributed by atoms with Crippen LogP contribution < -0.4 is 4.90 Å². The summed E-state index contributed by atoms with van der Waals surface area (Å²) in [7, 11) is 2.06. The van der Waals surface area contributed by atoms with Crippen molar-refractivity contribution in [3.63, 3.8) is 0 Å². The van der Waals surface area contributed by atoms with Crippen molar-refractivity contribution >= 4 is 43.7 Å². The molecule has 0 saturated heterocycles. The molecular formula is C13H15BrN2OS2. The van der Waals surface area contributed by atoms with Gasteiger partial charge in [-0.1, -0.05) is 11.3 Å². The number of aromatic nitrogens is 1. The largest absolute Gasteiger partial charge is 0.391 e. The number of nitrogens with zero attached hydrogens (tertiary/aromatic N) is 2. The molecule has 2 aromatic rings. The molecule has 0 unspecified atom stereocenters. The van der Waals surface area contributed by atoms with Crippen LogP contribution in [0.4, 0.5) is 5.13 Å². The van der Waals surface area contributed by atoms with Crippen LogP contribution in [0.1, 0.15) is 34.9 Å². The van der Waals surface area contributed by atoms with E-state index in [2.05, 4.69) is 39.3 Å². The number of thiazole rings is 1. The zero-order valence-corrected chi connectivity index (χ0v) is 13.8. The van der Waals surface area contributed by atoms with E-state index < -0.39 is 0 Å². The Morgan fingerprint density at radius 3 is 2.89 bits per heavy atom. The van der Waals surface area contributed by atoms with Gasteiger partial charge in [-0.25, -0.2) is 4.98 Å². The maximum Gasteiger partial charge on any atom is 0.185 e. The summed E-state index contributed by atoms with van der Waals surface area (Å²) in [6.07, 6.45) is 2.44. The highest BCUT2D eigenvalue weighted by Crippen LogP contribution is 2.44. The number of hydrogen-bond acceptors (Lipinski definition) is 5. The van der Waals surface area contributed by atoms with Crippen LogP contribution in [0.15, 0.2) is 15.2 Å². The van der Waals surface area contributed by atoms with E-state index in [9.17, 15) is 5.11 Å². The first-order valence-corrected chi connectivity index (χ1v) is 8.70. The first-order valence-electron chi connectivity index (χ1n) is 6.22. The second-order valence-corrected chi connectivity index (χ2v) is 8.20. The Bertz CT molecular complexity index is 577. The highest BCUT2D eigenvalue weighted by Gasteiger charge is 2.29. The average molecular weight is 359 g/mol. The Hall–Kier alpha value is -0.430. The average Bonchev–Trinajstić information content (AvgIpc) is 3.01. The quantitative estimate of drug-likeness (QED) is 0.878. The van der Waals surface area contributed by atoms with E-state index in [1.165, 1.54) is 18.4 Å². The molecule has 3 nitrogen and oxygen atoms in total. The van der Waals surface area contributed by atoms with Crippen LogP contribution in [0.5, 0.6) is 0 Å². The first kappa shape index (κ1) is 13.5. The third kappa shape index (κ3) is 3.02. The molecule has 19 heavy (non-hydrogen) atoms. The van der Waals surface area contributed by atoms with Crippen LogP contribution in [0, 0.1) is 0 Å². The van der Waals surface area contributed by atoms with Crippen LogP contribution >= 0.6 is 38.6 Å². The second-order valence-electron chi connectivity index (χ2n) is 4.85. The molecular weight excluding hydrogens is 344 g/mol. The molecule has 1 fully saturated rings. The summed E-state index contributed by atoms with van der Waals surface area (Å²) in [5.41, 5.74) is 2.41. The third-order valence-electron chi connectivity index (χ3n) is 3.19. The fourth-order valence-corrected chi connectivity index (χ4v) is 4.24. The molecule has 0 aromatic carbocycles. The minimum atomic E-state index is 0.112. The number of aliphatic hydroxyl groups is 1. The lowest BCUT2D eigenvalue weighted by molar-refractivity contribution is 0.284. The van der Waals surface area contributed by atoms with Crippen molar-refractivity contribution in [1.29, 1.82) is 0 Å². The summed E-state index contributed by atoms with van der Waals surface area (Å²) in [6.45, 7) is 0.964. The van der Waals surface area contributed by atoms with Crippen LogP contribution in [0.2, 0.25) is 0 Å². The molecule has 102 valence electrons. The number of anilines is 1. The van der Waals surface area contributed by atoms with Gasteiger partial charge in [-0.05, 0) is 45.8 Å². The fourth-order valence-electron chi connectivity index (χ4n) is 2.07. The molecule has 1 saturated carbocycles. The summed E-state index contributed by atoms with van der Waals surface area (Å²) >= 11 is 6.81. The lowest BCUT2D eigenvalue weighted by atomic mass is 10.2. The predicted molar refractivity (Wildman–Crippen MR) is 84.1 cm³/mol. The lowest BCUT2D eigenvalue weighted by Gasteiger charge is -2.14. The van der Waals surface area contributed by atoms with Gasteiger partial charge >= 0.3 is 0 Å². The molecule has 0 spiro atoms. The third-order valence-corrected chi connectivity index (χ3v) is 5.92. The molecule has 3 rings (SSSR count). The number of hydrogen-bond donors (Lipinski definition) is 1. The monoisotopic (exact) mass is 358 g/mol. The van der Waals surface area contributed by atoms with Crippen molar-refractivity contribution in [2.24, 2.45) is 0 Å². The van der Waals surface area contributed by atoms with Gasteiger partial charge in [0.1, 0.15) is 0 Å². The van der Waals surface area contributed by atoms with Gasteiger partial charge in [0.15, 0.2) is 5.13 Å². The normalized spacial score (nSPS) is 14.9. The van der Waals surface area contributed by atoms with Crippen molar-refractivity contribution in [1.82, 2.24) is 4.98 Å². The Kier molecular flexibility index (Phi) is 3.93. The lowest BCUT2D eigenvalue weighted by Crippen LogP contribution is -2.15. The standard InChI is InChI=1S/C13H15BrN2OS2/c1-16(5-8-4-11(14)18-7-8)13-15-12(9-2-3-9)10(6-17)19-13/h4,7,9,17H,2-3,5-6H2,1H3. The smallest absolute Gasteiger partial charge is 0.185 e. The van der Waals surface area contributed by atoms with Gasteiger partial charge < -0.3 is 10.0 Å². The maximum absolute atomic E-state index is 9.43. The van der Waals surface area contributed by atoms with Crippen LogP contribution in [0.3, 0.4) is 0 Å². The highest BCUT2D eigenvalue weighted by molar-refractivity contribution is 9.11. The second kappa shape index (κ2) is 5.52. The van der Waals surface area contributed by atoms with Crippen molar-refractivity contribution in [2.45, 2.75) is 31.9 Å². The highest BCUT2D eigenvalue weighted by atomic mass is 79.9. The Balaban J connectivity index is 1.77.